The molecule has 0 saturated carbocycles. The minimum absolute atomic E-state index is 0.0575. The van der Waals surface area contributed by atoms with E-state index in [1.807, 2.05) is 0 Å². The van der Waals surface area contributed by atoms with E-state index in [1.165, 1.54) is 4.68 Å². The van der Waals surface area contributed by atoms with Crippen LogP contribution in [0, 0.1) is 4.77 Å². The van der Waals surface area contributed by atoms with Gasteiger partial charge in [0.1, 0.15) is 6.04 Å². The van der Waals surface area contributed by atoms with E-state index in [2.05, 4.69) is 15.5 Å². The first-order chi connectivity index (χ1) is 6.20. The molecule has 2 heterocycles. The molecule has 7 heteroatoms. The molecule has 1 N–H and O–H groups in total. The van der Waals surface area contributed by atoms with Gasteiger partial charge in [-0.05, 0) is 18.6 Å². The fraction of sp³-hybridized carbons (Fsp3) is 0.667. The van der Waals surface area contributed by atoms with Crippen molar-refractivity contribution in [2.75, 3.05) is 13.6 Å². The van der Waals surface area contributed by atoms with Gasteiger partial charge in [-0.1, -0.05) is 10.3 Å². The normalized spacial score (nSPS) is 22.7. The molecular formula is C6H9N5OS. The Labute approximate surface area is 79.5 Å². The first-order valence-corrected chi connectivity index (χ1v) is 4.35. The summed E-state index contributed by atoms with van der Waals surface area (Å²) in [7, 11) is 1.77. The van der Waals surface area contributed by atoms with Crippen LogP contribution < -0.4 is 0 Å². The van der Waals surface area contributed by atoms with Crippen molar-refractivity contribution in [3.05, 3.63) is 4.77 Å². The maximum Gasteiger partial charge on any atom is 0.247 e. The van der Waals surface area contributed by atoms with E-state index < -0.39 is 0 Å². The predicted molar refractivity (Wildman–Crippen MR) is 46.5 cm³/mol. The lowest BCUT2D eigenvalue weighted by molar-refractivity contribution is -0.129. The summed E-state index contributed by atoms with van der Waals surface area (Å²) in [6.07, 6.45) is 0.757. The van der Waals surface area contributed by atoms with E-state index in [4.69, 9.17) is 12.2 Å². The number of H-pyrrole nitrogens is 1. The highest BCUT2D eigenvalue weighted by Crippen LogP contribution is 2.20. The molecule has 1 aromatic heterocycles. The Morgan fingerprint density at radius 1 is 1.69 bits per heavy atom. The molecule has 70 valence electrons. The SMILES string of the molecule is CN1CCC(n2[nH]nnc2=S)C1=O. The summed E-state index contributed by atoms with van der Waals surface area (Å²) >= 11 is 4.90. The number of carbonyl (C=O) groups is 1. The molecule has 1 saturated heterocycles. The first kappa shape index (κ1) is 8.36. The molecule has 0 aromatic carbocycles. The molecule has 0 radical (unpaired) electrons. The van der Waals surface area contributed by atoms with Gasteiger partial charge in [-0.15, -0.1) is 0 Å². The van der Waals surface area contributed by atoms with Gasteiger partial charge in [-0.25, -0.2) is 4.68 Å². The second-order valence-corrected chi connectivity index (χ2v) is 3.38. The summed E-state index contributed by atoms with van der Waals surface area (Å²) in [5.41, 5.74) is 0. The van der Waals surface area contributed by atoms with Crippen LogP contribution in [0.2, 0.25) is 0 Å². The fourth-order valence-corrected chi connectivity index (χ4v) is 1.66. The summed E-state index contributed by atoms with van der Waals surface area (Å²) in [4.78, 5) is 13.2. The molecule has 1 fully saturated rings. The number of hydrogen-bond donors (Lipinski definition) is 1. The van der Waals surface area contributed by atoms with E-state index in [0.717, 1.165) is 13.0 Å². The van der Waals surface area contributed by atoms with E-state index in [-0.39, 0.29) is 11.9 Å². The van der Waals surface area contributed by atoms with Crippen molar-refractivity contribution in [3.63, 3.8) is 0 Å². The number of nitrogens with one attached hydrogen (secondary N) is 1. The molecule has 6 nitrogen and oxygen atoms in total. The number of rotatable bonds is 1. The van der Waals surface area contributed by atoms with Gasteiger partial charge in [0.05, 0.1) is 0 Å². The number of aromatic nitrogens is 4. The number of hydrogen-bond acceptors (Lipinski definition) is 4. The van der Waals surface area contributed by atoms with Crippen LogP contribution in [-0.4, -0.2) is 44.6 Å². The first-order valence-electron chi connectivity index (χ1n) is 3.94. The second kappa shape index (κ2) is 2.91. The van der Waals surface area contributed by atoms with Crippen LogP contribution in [0.25, 0.3) is 0 Å². The Balaban J connectivity index is 2.34. The summed E-state index contributed by atoms with van der Waals surface area (Å²) in [5.74, 6) is 0.0575. The van der Waals surface area contributed by atoms with Crippen molar-refractivity contribution in [1.29, 1.82) is 0 Å². The Hall–Kier alpha value is -1.24. The average molecular weight is 199 g/mol. The van der Waals surface area contributed by atoms with Gasteiger partial charge in [0.25, 0.3) is 0 Å². The molecule has 1 aliphatic heterocycles. The van der Waals surface area contributed by atoms with Gasteiger partial charge in [-0.3, -0.25) is 4.79 Å². The standard InChI is InChI=1S/C6H9N5OS/c1-10-3-2-4(5(10)12)11-6(13)7-8-9-11/h4H,2-3H2,1H3,(H,7,9,13). The molecule has 0 bridgehead atoms. The third-order valence-electron chi connectivity index (χ3n) is 2.20. The minimum atomic E-state index is -0.243. The molecule has 0 aliphatic carbocycles. The third kappa shape index (κ3) is 1.24. The van der Waals surface area contributed by atoms with Gasteiger partial charge in [0, 0.05) is 13.6 Å². The molecule has 1 atom stereocenters. The Morgan fingerprint density at radius 2 is 2.46 bits per heavy atom. The number of likely N-dealkylation sites (N-methyl/N-ethyl adjacent to an activating group) is 1. The quantitative estimate of drug-likeness (QED) is 0.633. The third-order valence-corrected chi connectivity index (χ3v) is 2.48. The molecule has 1 aliphatic rings. The molecule has 1 unspecified atom stereocenters. The molecule has 13 heavy (non-hydrogen) atoms. The number of aromatic amines is 1. The highest BCUT2D eigenvalue weighted by molar-refractivity contribution is 7.71. The Bertz CT molecular complexity index is 382. The van der Waals surface area contributed by atoms with Crippen LogP contribution in [-0.2, 0) is 4.79 Å². The topological polar surface area (TPSA) is 66.8 Å². The second-order valence-electron chi connectivity index (χ2n) is 3.02. The van der Waals surface area contributed by atoms with Gasteiger partial charge in [0.15, 0.2) is 0 Å². The Morgan fingerprint density at radius 3 is 2.92 bits per heavy atom. The van der Waals surface area contributed by atoms with Crippen molar-refractivity contribution < 1.29 is 4.79 Å². The van der Waals surface area contributed by atoms with Crippen molar-refractivity contribution in [1.82, 2.24) is 25.1 Å². The van der Waals surface area contributed by atoms with Crippen LogP contribution >= 0.6 is 12.2 Å². The van der Waals surface area contributed by atoms with Crippen molar-refractivity contribution >= 4 is 18.1 Å². The van der Waals surface area contributed by atoms with Gasteiger partial charge < -0.3 is 4.90 Å². The predicted octanol–water partition coefficient (Wildman–Crippen LogP) is -0.261. The van der Waals surface area contributed by atoms with Crippen molar-refractivity contribution in [2.24, 2.45) is 0 Å². The average Bonchev–Trinajstić information content (AvgIpc) is 2.62. The highest BCUT2D eigenvalue weighted by Gasteiger charge is 2.31. The zero-order valence-electron chi connectivity index (χ0n) is 7.10. The van der Waals surface area contributed by atoms with E-state index >= 15 is 0 Å². The fourth-order valence-electron chi connectivity index (χ4n) is 1.45. The summed E-state index contributed by atoms with van der Waals surface area (Å²) in [6, 6.07) is -0.243. The zero-order valence-corrected chi connectivity index (χ0v) is 7.91. The smallest absolute Gasteiger partial charge is 0.247 e. The molecule has 0 spiro atoms. The maximum absolute atomic E-state index is 11.5. The van der Waals surface area contributed by atoms with Gasteiger partial charge in [0.2, 0.25) is 10.7 Å². The van der Waals surface area contributed by atoms with Crippen LogP contribution in [0.1, 0.15) is 12.5 Å². The van der Waals surface area contributed by atoms with Crippen LogP contribution in [0.4, 0.5) is 0 Å². The van der Waals surface area contributed by atoms with Crippen molar-refractivity contribution in [2.45, 2.75) is 12.5 Å². The number of amides is 1. The van der Waals surface area contributed by atoms with E-state index in [1.54, 1.807) is 11.9 Å². The molecular weight excluding hydrogens is 190 g/mol. The van der Waals surface area contributed by atoms with Crippen molar-refractivity contribution in [3.8, 4) is 0 Å². The summed E-state index contributed by atoms with van der Waals surface area (Å²) in [6.45, 7) is 0.754. The zero-order chi connectivity index (χ0) is 9.42. The summed E-state index contributed by atoms with van der Waals surface area (Å²) in [5, 5.41) is 9.76. The summed E-state index contributed by atoms with van der Waals surface area (Å²) < 4.78 is 1.86. The maximum atomic E-state index is 11.5. The molecule has 2 rings (SSSR count). The van der Waals surface area contributed by atoms with Gasteiger partial charge >= 0.3 is 0 Å². The number of carbonyl (C=O) groups excluding carboxylic acids is 1. The lowest BCUT2D eigenvalue weighted by atomic mass is 10.3. The van der Waals surface area contributed by atoms with Crippen LogP contribution in [0.5, 0.6) is 0 Å². The highest BCUT2D eigenvalue weighted by atomic mass is 32.1. The lowest BCUT2D eigenvalue weighted by Crippen LogP contribution is -2.25. The van der Waals surface area contributed by atoms with Crippen LogP contribution in [0.3, 0.4) is 0 Å². The monoisotopic (exact) mass is 199 g/mol. The number of likely N-dealkylation sites (tertiary alicyclic amines) is 1. The number of tetrazole rings is 1. The largest absolute Gasteiger partial charge is 0.344 e. The Kier molecular flexibility index (Phi) is 1.87. The number of nitrogens with zero attached hydrogens (tertiary/aromatic N) is 4. The molecule has 1 aromatic rings. The van der Waals surface area contributed by atoms with E-state index in [0.29, 0.717) is 4.77 Å². The van der Waals surface area contributed by atoms with E-state index in [9.17, 15) is 4.79 Å². The minimum Gasteiger partial charge on any atom is -0.344 e. The van der Waals surface area contributed by atoms with Gasteiger partial charge in [-0.2, -0.15) is 5.21 Å². The lowest BCUT2D eigenvalue weighted by Gasteiger charge is -2.09. The molecule has 1 amide bonds. The van der Waals surface area contributed by atoms with Crippen LogP contribution in [0.15, 0.2) is 0 Å².